The van der Waals surface area contributed by atoms with Crippen molar-refractivity contribution in [3.05, 3.63) is 28.7 Å². The van der Waals surface area contributed by atoms with Gasteiger partial charge in [-0.2, -0.15) is 0 Å². The molecule has 0 aromatic heterocycles. The number of hydrogen-bond acceptors (Lipinski definition) is 3. The van der Waals surface area contributed by atoms with Gasteiger partial charge in [0.2, 0.25) is 0 Å². The molecule has 0 bridgehead atoms. The van der Waals surface area contributed by atoms with Crippen LogP contribution in [-0.2, 0) is 4.79 Å². The van der Waals surface area contributed by atoms with Crippen LogP contribution in [0.15, 0.2) is 28.7 Å². The summed E-state index contributed by atoms with van der Waals surface area (Å²) in [5.41, 5.74) is 0. The Kier molecular flexibility index (Phi) is 6.06. The number of piperazine rings is 1. The highest BCUT2D eigenvalue weighted by atomic mass is 79.9. The van der Waals surface area contributed by atoms with Gasteiger partial charge in [-0.25, -0.2) is 0 Å². The number of carbonyl (C=O) groups is 1. The van der Waals surface area contributed by atoms with Crippen molar-refractivity contribution in [1.82, 2.24) is 9.80 Å². The lowest BCUT2D eigenvalue weighted by Gasteiger charge is -2.35. The van der Waals surface area contributed by atoms with Crippen molar-refractivity contribution in [3.8, 4) is 5.75 Å². The molecular formula is C16H23BrN2O2. The molecule has 0 spiro atoms. The number of halogens is 1. The van der Waals surface area contributed by atoms with Crippen molar-refractivity contribution in [3.63, 3.8) is 0 Å². The molecule has 4 nitrogen and oxygen atoms in total. The van der Waals surface area contributed by atoms with Crippen molar-refractivity contribution in [2.75, 3.05) is 39.3 Å². The van der Waals surface area contributed by atoms with E-state index in [1.807, 2.05) is 29.2 Å². The Morgan fingerprint density at radius 2 is 1.81 bits per heavy atom. The van der Waals surface area contributed by atoms with Gasteiger partial charge in [0.1, 0.15) is 5.75 Å². The summed E-state index contributed by atoms with van der Waals surface area (Å²) in [5.74, 6) is 1.47. The van der Waals surface area contributed by atoms with E-state index in [0.29, 0.717) is 5.92 Å². The van der Waals surface area contributed by atoms with Gasteiger partial charge in [0, 0.05) is 37.2 Å². The molecular weight excluding hydrogens is 332 g/mol. The van der Waals surface area contributed by atoms with Crippen LogP contribution in [-0.4, -0.2) is 55.0 Å². The van der Waals surface area contributed by atoms with Gasteiger partial charge in [-0.3, -0.25) is 9.69 Å². The fraction of sp³-hybridized carbons (Fsp3) is 0.562. The topological polar surface area (TPSA) is 32.8 Å². The van der Waals surface area contributed by atoms with Gasteiger partial charge in [0.15, 0.2) is 6.61 Å². The predicted molar refractivity (Wildman–Crippen MR) is 87.5 cm³/mol. The molecule has 0 aliphatic carbocycles. The summed E-state index contributed by atoms with van der Waals surface area (Å²) in [6.07, 6.45) is 0. The van der Waals surface area contributed by atoms with E-state index in [4.69, 9.17) is 4.74 Å². The van der Waals surface area contributed by atoms with Crippen molar-refractivity contribution in [2.45, 2.75) is 13.8 Å². The molecule has 2 rings (SSSR count). The van der Waals surface area contributed by atoms with Crippen molar-refractivity contribution in [1.29, 1.82) is 0 Å². The summed E-state index contributed by atoms with van der Waals surface area (Å²) < 4.78 is 6.54. The number of carbonyl (C=O) groups excluding carboxylic acids is 1. The highest BCUT2D eigenvalue weighted by Gasteiger charge is 2.21. The van der Waals surface area contributed by atoms with Crippen LogP contribution in [0.25, 0.3) is 0 Å². The average molecular weight is 355 g/mol. The summed E-state index contributed by atoms with van der Waals surface area (Å²) in [6, 6.07) is 7.53. The Balaban J connectivity index is 1.73. The zero-order chi connectivity index (χ0) is 15.2. The minimum Gasteiger partial charge on any atom is -0.484 e. The molecule has 0 radical (unpaired) electrons. The average Bonchev–Trinajstić information content (AvgIpc) is 2.46. The normalized spacial score (nSPS) is 16.3. The van der Waals surface area contributed by atoms with E-state index in [1.165, 1.54) is 0 Å². The smallest absolute Gasteiger partial charge is 0.260 e. The molecule has 1 aliphatic rings. The minimum absolute atomic E-state index is 0.0714. The Bertz CT molecular complexity index is 454. The summed E-state index contributed by atoms with van der Waals surface area (Å²) in [6.45, 7) is 9.20. The fourth-order valence-electron chi connectivity index (χ4n) is 2.46. The maximum absolute atomic E-state index is 12.1. The zero-order valence-electron chi connectivity index (χ0n) is 12.7. The standard InChI is InChI=1S/C16H23BrN2O2/c1-13(2)11-18-7-9-19(10-8-18)16(20)12-21-15-5-3-14(17)4-6-15/h3-6,13H,7-12H2,1-2H3. The van der Waals surface area contributed by atoms with Crippen molar-refractivity contribution in [2.24, 2.45) is 5.92 Å². The molecule has 1 heterocycles. The third kappa shape index (κ3) is 5.32. The largest absolute Gasteiger partial charge is 0.484 e. The third-order valence-corrected chi connectivity index (χ3v) is 4.05. The minimum atomic E-state index is 0.0714. The molecule has 1 fully saturated rings. The van der Waals surface area contributed by atoms with Crippen LogP contribution in [0.3, 0.4) is 0 Å². The van der Waals surface area contributed by atoms with E-state index < -0.39 is 0 Å². The molecule has 0 unspecified atom stereocenters. The maximum atomic E-state index is 12.1. The summed E-state index contributed by atoms with van der Waals surface area (Å²) >= 11 is 3.38. The second-order valence-corrected chi connectivity index (χ2v) is 6.73. The third-order valence-electron chi connectivity index (χ3n) is 3.52. The lowest BCUT2D eigenvalue weighted by molar-refractivity contribution is -0.135. The van der Waals surface area contributed by atoms with Gasteiger partial charge >= 0.3 is 0 Å². The van der Waals surface area contributed by atoms with E-state index in [0.717, 1.165) is 42.9 Å². The quantitative estimate of drug-likeness (QED) is 0.814. The van der Waals surface area contributed by atoms with Crippen LogP contribution in [0, 0.1) is 5.92 Å². The first kappa shape index (κ1) is 16.3. The lowest BCUT2D eigenvalue weighted by Crippen LogP contribution is -2.50. The molecule has 1 aromatic carbocycles. The summed E-state index contributed by atoms with van der Waals surface area (Å²) in [4.78, 5) is 16.5. The Hall–Kier alpha value is -1.07. The van der Waals surface area contributed by atoms with Crippen LogP contribution in [0.4, 0.5) is 0 Å². The Labute approximate surface area is 135 Å². The van der Waals surface area contributed by atoms with E-state index >= 15 is 0 Å². The maximum Gasteiger partial charge on any atom is 0.260 e. The van der Waals surface area contributed by atoms with Gasteiger partial charge in [-0.15, -0.1) is 0 Å². The van der Waals surface area contributed by atoms with Crippen molar-refractivity contribution < 1.29 is 9.53 Å². The van der Waals surface area contributed by atoms with Crippen LogP contribution < -0.4 is 4.74 Å². The number of amides is 1. The van der Waals surface area contributed by atoms with Gasteiger partial charge in [-0.1, -0.05) is 29.8 Å². The fourth-order valence-corrected chi connectivity index (χ4v) is 2.73. The van der Waals surface area contributed by atoms with Crippen molar-refractivity contribution >= 4 is 21.8 Å². The monoisotopic (exact) mass is 354 g/mol. The molecule has 0 atom stereocenters. The predicted octanol–water partition coefficient (Wildman–Crippen LogP) is 2.63. The number of benzene rings is 1. The molecule has 116 valence electrons. The second-order valence-electron chi connectivity index (χ2n) is 5.82. The summed E-state index contributed by atoms with van der Waals surface area (Å²) in [7, 11) is 0. The first-order valence-electron chi connectivity index (χ1n) is 7.43. The number of ether oxygens (including phenoxy) is 1. The first-order valence-corrected chi connectivity index (χ1v) is 8.22. The molecule has 5 heteroatoms. The van der Waals surface area contributed by atoms with E-state index in [9.17, 15) is 4.79 Å². The second kappa shape index (κ2) is 7.80. The zero-order valence-corrected chi connectivity index (χ0v) is 14.3. The highest BCUT2D eigenvalue weighted by molar-refractivity contribution is 9.10. The molecule has 0 saturated carbocycles. The van der Waals surface area contributed by atoms with E-state index in [1.54, 1.807) is 0 Å². The molecule has 1 aromatic rings. The molecule has 0 N–H and O–H groups in total. The van der Waals surface area contributed by atoms with Gasteiger partial charge in [-0.05, 0) is 30.2 Å². The number of nitrogens with zero attached hydrogens (tertiary/aromatic N) is 2. The number of rotatable bonds is 5. The summed E-state index contributed by atoms with van der Waals surface area (Å²) in [5, 5.41) is 0. The lowest BCUT2D eigenvalue weighted by atomic mass is 10.2. The van der Waals surface area contributed by atoms with Crippen LogP contribution in [0.5, 0.6) is 5.75 Å². The van der Waals surface area contributed by atoms with Gasteiger partial charge < -0.3 is 9.64 Å². The molecule has 1 amide bonds. The highest BCUT2D eigenvalue weighted by Crippen LogP contribution is 2.16. The van der Waals surface area contributed by atoms with E-state index in [-0.39, 0.29) is 12.5 Å². The SMILES string of the molecule is CC(C)CN1CCN(C(=O)COc2ccc(Br)cc2)CC1. The Morgan fingerprint density at radius 3 is 2.38 bits per heavy atom. The van der Waals surface area contributed by atoms with Crippen LogP contribution >= 0.6 is 15.9 Å². The van der Waals surface area contributed by atoms with Gasteiger partial charge in [0.05, 0.1) is 0 Å². The number of hydrogen-bond donors (Lipinski definition) is 0. The van der Waals surface area contributed by atoms with Crippen LogP contribution in [0.2, 0.25) is 0 Å². The van der Waals surface area contributed by atoms with Crippen LogP contribution in [0.1, 0.15) is 13.8 Å². The Morgan fingerprint density at radius 1 is 1.19 bits per heavy atom. The molecule has 21 heavy (non-hydrogen) atoms. The first-order chi connectivity index (χ1) is 10.0. The van der Waals surface area contributed by atoms with E-state index in [2.05, 4.69) is 34.7 Å². The molecule has 1 saturated heterocycles. The molecule has 1 aliphatic heterocycles. The van der Waals surface area contributed by atoms with Gasteiger partial charge in [0.25, 0.3) is 5.91 Å².